The van der Waals surface area contributed by atoms with Crippen LogP contribution in [0.25, 0.3) is 10.9 Å². The average molecular weight is 338 g/mol. The molecule has 0 radical (unpaired) electrons. The second-order valence-electron chi connectivity index (χ2n) is 7.19. The molecule has 4 heterocycles. The minimum atomic E-state index is 0.0474. The molecule has 0 N–H and O–H groups in total. The van der Waals surface area contributed by atoms with Gasteiger partial charge in [0.1, 0.15) is 5.75 Å². The van der Waals surface area contributed by atoms with Crippen LogP contribution in [0.15, 0.2) is 43.1 Å². The monoisotopic (exact) mass is 338 g/mol. The van der Waals surface area contributed by atoms with E-state index in [1.807, 2.05) is 25.4 Å². The average Bonchev–Trinajstić information content (AvgIpc) is 2.68. The van der Waals surface area contributed by atoms with E-state index in [1.165, 1.54) is 18.4 Å². The maximum absolute atomic E-state index is 6.04. The van der Waals surface area contributed by atoms with Crippen LogP contribution in [0.4, 0.5) is 0 Å². The highest BCUT2D eigenvalue weighted by molar-refractivity contribution is 5.84. The lowest BCUT2D eigenvalue weighted by Crippen LogP contribution is -2.55. The molecule has 0 spiro atoms. The lowest BCUT2D eigenvalue weighted by molar-refractivity contribution is -0.0601. The molecule has 3 aliphatic heterocycles. The highest BCUT2D eigenvalue weighted by Crippen LogP contribution is 2.43. The van der Waals surface area contributed by atoms with Gasteiger partial charge in [0, 0.05) is 31.3 Å². The summed E-state index contributed by atoms with van der Waals surface area (Å²) in [6.45, 7) is 6.29. The molecule has 2 aromatic rings. The van der Waals surface area contributed by atoms with Gasteiger partial charge in [-0.25, -0.2) is 0 Å². The predicted octanol–water partition coefficient (Wildman–Crippen LogP) is 3.83. The van der Waals surface area contributed by atoms with Crippen molar-refractivity contribution in [1.82, 2.24) is 9.88 Å². The highest BCUT2D eigenvalue weighted by atomic mass is 16.5. The third-order valence-corrected chi connectivity index (χ3v) is 6.05. The summed E-state index contributed by atoms with van der Waals surface area (Å²) < 4.78 is 11.5. The van der Waals surface area contributed by atoms with Crippen LogP contribution in [0.5, 0.6) is 5.75 Å². The number of ether oxygens (including phenoxy) is 2. The van der Waals surface area contributed by atoms with E-state index in [4.69, 9.17) is 9.47 Å². The Bertz CT molecular complexity index is 776. The quantitative estimate of drug-likeness (QED) is 0.776. The van der Waals surface area contributed by atoms with Crippen LogP contribution in [0.2, 0.25) is 0 Å². The number of hydrogen-bond acceptors (Lipinski definition) is 4. The SMILES string of the molecule is C=C[C@@H]1CN2CC[C@H]1C[C@@H]2[C@@H](OC)c1ccnc2ccc(OC)cc12. The summed E-state index contributed by atoms with van der Waals surface area (Å²) in [5.74, 6) is 2.21. The molecular weight excluding hydrogens is 312 g/mol. The molecule has 3 fully saturated rings. The van der Waals surface area contributed by atoms with Crippen molar-refractivity contribution in [1.29, 1.82) is 0 Å². The highest BCUT2D eigenvalue weighted by Gasteiger charge is 2.42. The second-order valence-corrected chi connectivity index (χ2v) is 7.19. The number of fused-ring (bicyclic) bond motifs is 4. The van der Waals surface area contributed by atoms with Crippen LogP contribution in [0.3, 0.4) is 0 Å². The van der Waals surface area contributed by atoms with Gasteiger partial charge in [-0.3, -0.25) is 9.88 Å². The fourth-order valence-electron chi connectivity index (χ4n) is 4.71. The molecule has 1 aromatic carbocycles. The van der Waals surface area contributed by atoms with Crippen molar-refractivity contribution in [2.24, 2.45) is 11.8 Å². The normalized spacial score (nSPS) is 29.5. The molecule has 2 bridgehead atoms. The molecule has 4 heteroatoms. The summed E-state index contributed by atoms with van der Waals surface area (Å²) in [6.07, 6.45) is 6.52. The lowest BCUT2D eigenvalue weighted by Gasteiger charge is -2.51. The van der Waals surface area contributed by atoms with Crippen LogP contribution >= 0.6 is 0 Å². The summed E-state index contributed by atoms with van der Waals surface area (Å²) in [4.78, 5) is 7.10. The largest absolute Gasteiger partial charge is 0.497 e. The Hall–Kier alpha value is -1.91. The van der Waals surface area contributed by atoms with E-state index in [2.05, 4.69) is 34.7 Å². The van der Waals surface area contributed by atoms with Gasteiger partial charge in [0.2, 0.25) is 0 Å². The topological polar surface area (TPSA) is 34.6 Å². The zero-order chi connectivity index (χ0) is 17.4. The van der Waals surface area contributed by atoms with Crippen molar-refractivity contribution in [3.05, 3.63) is 48.7 Å². The Morgan fingerprint density at radius 3 is 2.88 bits per heavy atom. The summed E-state index contributed by atoms with van der Waals surface area (Å²) >= 11 is 0. The van der Waals surface area contributed by atoms with Gasteiger partial charge in [0.15, 0.2) is 0 Å². The van der Waals surface area contributed by atoms with Gasteiger partial charge in [-0.05, 0) is 61.1 Å². The van der Waals surface area contributed by atoms with Crippen molar-refractivity contribution in [2.45, 2.75) is 25.0 Å². The van der Waals surface area contributed by atoms with Crippen LogP contribution in [0.1, 0.15) is 24.5 Å². The third-order valence-electron chi connectivity index (χ3n) is 6.05. The van der Waals surface area contributed by atoms with Crippen LogP contribution in [0, 0.1) is 11.8 Å². The van der Waals surface area contributed by atoms with Gasteiger partial charge in [-0.1, -0.05) is 6.08 Å². The first-order valence-electron chi connectivity index (χ1n) is 9.07. The summed E-state index contributed by atoms with van der Waals surface area (Å²) in [6, 6.07) is 8.57. The Labute approximate surface area is 149 Å². The van der Waals surface area contributed by atoms with Crippen molar-refractivity contribution in [3.63, 3.8) is 0 Å². The number of hydrogen-bond donors (Lipinski definition) is 0. The molecular formula is C21H26N2O2. The maximum atomic E-state index is 6.04. The van der Waals surface area contributed by atoms with Crippen molar-refractivity contribution < 1.29 is 9.47 Å². The summed E-state index contributed by atoms with van der Waals surface area (Å²) in [5.41, 5.74) is 2.19. The zero-order valence-corrected chi connectivity index (χ0v) is 15.0. The number of rotatable bonds is 5. The first-order valence-corrected chi connectivity index (χ1v) is 9.07. The third kappa shape index (κ3) is 2.83. The number of pyridine rings is 1. The molecule has 5 rings (SSSR count). The van der Waals surface area contributed by atoms with Gasteiger partial charge in [-0.2, -0.15) is 0 Å². The van der Waals surface area contributed by atoms with Gasteiger partial charge < -0.3 is 9.47 Å². The molecule has 0 aliphatic carbocycles. The molecule has 4 nitrogen and oxygen atoms in total. The van der Waals surface area contributed by atoms with E-state index in [1.54, 1.807) is 7.11 Å². The first kappa shape index (κ1) is 16.6. The summed E-state index contributed by atoms with van der Waals surface area (Å²) in [7, 11) is 3.53. The predicted molar refractivity (Wildman–Crippen MR) is 99.8 cm³/mol. The van der Waals surface area contributed by atoms with Gasteiger partial charge in [0.05, 0.1) is 18.7 Å². The number of aromatic nitrogens is 1. The molecule has 3 aliphatic rings. The van der Waals surface area contributed by atoms with E-state index in [0.29, 0.717) is 12.0 Å². The maximum Gasteiger partial charge on any atom is 0.119 e. The molecule has 0 amide bonds. The molecule has 5 atom stereocenters. The summed E-state index contributed by atoms with van der Waals surface area (Å²) in [5, 5.41) is 1.12. The number of nitrogens with zero attached hydrogens (tertiary/aromatic N) is 2. The Balaban J connectivity index is 1.72. The Morgan fingerprint density at radius 2 is 2.20 bits per heavy atom. The number of benzene rings is 1. The Morgan fingerprint density at radius 1 is 1.32 bits per heavy atom. The fraction of sp³-hybridized carbons (Fsp3) is 0.476. The molecule has 1 unspecified atom stereocenters. The van der Waals surface area contributed by atoms with E-state index in [0.717, 1.165) is 35.7 Å². The van der Waals surface area contributed by atoms with Gasteiger partial charge >= 0.3 is 0 Å². The van der Waals surface area contributed by atoms with E-state index >= 15 is 0 Å². The first-order chi connectivity index (χ1) is 12.2. The van der Waals surface area contributed by atoms with E-state index in [9.17, 15) is 0 Å². The minimum Gasteiger partial charge on any atom is -0.497 e. The molecule has 3 saturated heterocycles. The van der Waals surface area contributed by atoms with Crippen molar-refractivity contribution >= 4 is 10.9 Å². The Kier molecular flexibility index (Phi) is 4.48. The number of methoxy groups -OCH3 is 2. The molecule has 25 heavy (non-hydrogen) atoms. The van der Waals surface area contributed by atoms with Crippen LogP contribution in [-0.2, 0) is 4.74 Å². The van der Waals surface area contributed by atoms with E-state index < -0.39 is 0 Å². The fourth-order valence-corrected chi connectivity index (χ4v) is 4.71. The van der Waals surface area contributed by atoms with Crippen molar-refractivity contribution in [2.75, 3.05) is 27.3 Å². The van der Waals surface area contributed by atoms with Crippen LogP contribution < -0.4 is 4.74 Å². The van der Waals surface area contributed by atoms with Crippen molar-refractivity contribution in [3.8, 4) is 5.75 Å². The second kappa shape index (κ2) is 6.77. The smallest absolute Gasteiger partial charge is 0.119 e. The molecule has 1 aromatic heterocycles. The molecule has 132 valence electrons. The van der Waals surface area contributed by atoms with Gasteiger partial charge in [0.25, 0.3) is 0 Å². The number of piperidine rings is 3. The molecule has 0 saturated carbocycles. The zero-order valence-electron chi connectivity index (χ0n) is 15.0. The minimum absolute atomic E-state index is 0.0474. The van der Waals surface area contributed by atoms with E-state index in [-0.39, 0.29) is 6.10 Å². The van der Waals surface area contributed by atoms with Gasteiger partial charge in [-0.15, -0.1) is 6.58 Å². The van der Waals surface area contributed by atoms with Crippen LogP contribution in [-0.4, -0.2) is 43.2 Å². The standard InChI is InChI=1S/C21H26N2O2/c1-4-14-13-23-10-8-15(14)11-20(23)21(25-3)17-7-9-22-19-6-5-16(24-2)12-18(17)19/h4-7,9,12,14-15,20-21H,1,8,10-11,13H2,2-3H3/t14-,15+,20-,21+/m1/s1. The lowest BCUT2D eigenvalue weighted by atomic mass is 9.73.